The van der Waals surface area contributed by atoms with Crippen LogP contribution in [-0.2, 0) is 0 Å². The summed E-state index contributed by atoms with van der Waals surface area (Å²) in [6.07, 6.45) is 8.93. The second-order valence-electron chi connectivity index (χ2n) is 11.6. The van der Waals surface area contributed by atoms with Gasteiger partial charge in [-0.25, -0.2) is 4.98 Å². The third-order valence-electron chi connectivity index (χ3n) is 8.71. The standard InChI is InChI=1S/C42H33N3/c1-30-27-28-39-41(36-23-11-12-25-38(36)44(39)35-22-13-19-33(29-35)31-15-5-2-6-16-31)42(30)45(34-20-9-4-10-21-34)40-26-14-24-37(43-40)32-17-7-3-8-18-32/h2-3,5-9,11-29H,4,10H2,1H3. The van der Waals surface area contributed by atoms with Crippen molar-refractivity contribution in [1.29, 1.82) is 0 Å². The van der Waals surface area contributed by atoms with Crippen molar-refractivity contribution in [3.8, 4) is 28.1 Å². The van der Waals surface area contributed by atoms with Crippen molar-refractivity contribution in [3.05, 3.63) is 169 Å². The van der Waals surface area contributed by atoms with E-state index >= 15 is 0 Å². The first-order valence-corrected chi connectivity index (χ1v) is 15.6. The number of allylic oxidation sites excluding steroid dienone is 3. The lowest BCUT2D eigenvalue weighted by molar-refractivity contribution is 0.990. The summed E-state index contributed by atoms with van der Waals surface area (Å²) in [5.74, 6) is 0.910. The average molecular weight is 580 g/mol. The second-order valence-corrected chi connectivity index (χ2v) is 11.6. The van der Waals surface area contributed by atoms with Crippen LogP contribution in [0.2, 0.25) is 0 Å². The Labute approximate surface area is 264 Å². The number of para-hydroxylation sites is 1. The normalized spacial score (nSPS) is 12.9. The quantitative estimate of drug-likeness (QED) is 0.195. The molecule has 0 N–H and O–H groups in total. The predicted molar refractivity (Wildman–Crippen MR) is 189 cm³/mol. The minimum absolute atomic E-state index is 0.910. The molecule has 0 amide bonds. The number of benzene rings is 5. The Kier molecular flexibility index (Phi) is 6.84. The van der Waals surface area contributed by atoms with Crippen LogP contribution in [-0.4, -0.2) is 9.55 Å². The number of pyridine rings is 1. The molecule has 0 saturated heterocycles. The zero-order valence-corrected chi connectivity index (χ0v) is 25.3. The smallest absolute Gasteiger partial charge is 0.138 e. The van der Waals surface area contributed by atoms with Crippen LogP contribution in [0.1, 0.15) is 18.4 Å². The summed E-state index contributed by atoms with van der Waals surface area (Å²) in [5.41, 5.74) is 11.5. The van der Waals surface area contributed by atoms with Crippen LogP contribution in [0, 0.1) is 6.92 Å². The van der Waals surface area contributed by atoms with E-state index in [2.05, 4.69) is 168 Å². The van der Waals surface area contributed by atoms with Gasteiger partial charge in [0.2, 0.25) is 0 Å². The average Bonchev–Trinajstić information content (AvgIpc) is 3.45. The maximum Gasteiger partial charge on any atom is 0.138 e. The van der Waals surface area contributed by atoms with Gasteiger partial charge in [-0.05, 0) is 78.9 Å². The van der Waals surface area contributed by atoms with E-state index in [0.717, 1.165) is 47.0 Å². The van der Waals surface area contributed by atoms with Gasteiger partial charge in [-0.2, -0.15) is 0 Å². The molecule has 0 radical (unpaired) electrons. The molecule has 7 aromatic rings. The maximum absolute atomic E-state index is 5.28. The summed E-state index contributed by atoms with van der Waals surface area (Å²) >= 11 is 0. The Balaban J connectivity index is 1.40. The van der Waals surface area contributed by atoms with Gasteiger partial charge >= 0.3 is 0 Å². The predicted octanol–water partition coefficient (Wildman–Crippen LogP) is 11.2. The Bertz CT molecular complexity index is 2220. The highest BCUT2D eigenvalue weighted by atomic mass is 15.2. The minimum atomic E-state index is 0.910. The van der Waals surface area contributed by atoms with Gasteiger partial charge in [0.05, 0.1) is 22.4 Å². The van der Waals surface area contributed by atoms with E-state index in [1.807, 2.05) is 6.07 Å². The van der Waals surface area contributed by atoms with Crippen LogP contribution < -0.4 is 4.90 Å². The van der Waals surface area contributed by atoms with Crippen LogP contribution in [0.4, 0.5) is 11.5 Å². The largest absolute Gasteiger partial charge is 0.309 e. The van der Waals surface area contributed by atoms with Gasteiger partial charge in [0, 0.05) is 27.7 Å². The van der Waals surface area contributed by atoms with Crippen LogP contribution >= 0.6 is 0 Å². The van der Waals surface area contributed by atoms with Crippen LogP contribution in [0.25, 0.3) is 49.9 Å². The van der Waals surface area contributed by atoms with E-state index in [4.69, 9.17) is 4.98 Å². The van der Waals surface area contributed by atoms with E-state index in [-0.39, 0.29) is 0 Å². The summed E-state index contributed by atoms with van der Waals surface area (Å²) in [7, 11) is 0. The van der Waals surface area contributed by atoms with Crippen molar-refractivity contribution in [1.82, 2.24) is 9.55 Å². The SMILES string of the molecule is Cc1ccc2c(c1N(C1=CCCC=C1)c1cccc(-c3ccccc3)n1)c1ccccc1n2-c1cccc(-c2ccccc2)c1. The van der Waals surface area contributed by atoms with Crippen molar-refractivity contribution in [2.24, 2.45) is 0 Å². The topological polar surface area (TPSA) is 21.1 Å². The van der Waals surface area contributed by atoms with Gasteiger partial charge in [0.25, 0.3) is 0 Å². The number of aryl methyl sites for hydroxylation is 1. The number of anilines is 2. The fourth-order valence-electron chi connectivity index (χ4n) is 6.63. The number of hydrogen-bond donors (Lipinski definition) is 0. The Morgan fingerprint density at radius 1 is 0.622 bits per heavy atom. The molecular weight excluding hydrogens is 546 g/mol. The fraction of sp³-hybridized carbons (Fsp3) is 0.0714. The lowest BCUT2D eigenvalue weighted by Gasteiger charge is -2.29. The van der Waals surface area contributed by atoms with Gasteiger partial charge in [-0.15, -0.1) is 0 Å². The highest BCUT2D eigenvalue weighted by Gasteiger charge is 2.24. The van der Waals surface area contributed by atoms with Crippen molar-refractivity contribution in [2.45, 2.75) is 19.8 Å². The van der Waals surface area contributed by atoms with Crippen molar-refractivity contribution < 1.29 is 0 Å². The Morgan fingerprint density at radius 2 is 1.36 bits per heavy atom. The lowest BCUT2D eigenvalue weighted by Crippen LogP contribution is -2.19. The lowest BCUT2D eigenvalue weighted by atomic mass is 10.0. The Hall–Kier alpha value is -5.67. The fourth-order valence-corrected chi connectivity index (χ4v) is 6.63. The molecule has 0 spiro atoms. The summed E-state index contributed by atoms with van der Waals surface area (Å²) in [6, 6.07) is 49.6. The second kappa shape index (κ2) is 11.4. The molecule has 3 heteroatoms. The van der Waals surface area contributed by atoms with Gasteiger partial charge in [-0.1, -0.05) is 115 Å². The minimum Gasteiger partial charge on any atom is -0.309 e. The van der Waals surface area contributed by atoms with Gasteiger partial charge in [0.1, 0.15) is 5.82 Å². The molecule has 8 rings (SSSR count). The number of hydrogen-bond acceptors (Lipinski definition) is 2. The number of rotatable bonds is 6. The third-order valence-corrected chi connectivity index (χ3v) is 8.71. The zero-order valence-electron chi connectivity index (χ0n) is 25.3. The van der Waals surface area contributed by atoms with Crippen LogP contribution in [0.3, 0.4) is 0 Å². The molecule has 0 aliphatic heterocycles. The summed E-state index contributed by atoms with van der Waals surface area (Å²) < 4.78 is 2.41. The number of aromatic nitrogens is 2. The molecule has 0 unspecified atom stereocenters. The van der Waals surface area contributed by atoms with Gasteiger partial charge < -0.3 is 4.57 Å². The van der Waals surface area contributed by atoms with Gasteiger partial charge in [0.15, 0.2) is 0 Å². The van der Waals surface area contributed by atoms with E-state index in [1.165, 1.54) is 38.5 Å². The van der Waals surface area contributed by atoms with E-state index in [0.29, 0.717) is 0 Å². The molecule has 3 nitrogen and oxygen atoms in total. The molecule has 2 heterocycles. The molecule has 0 saturated carbocycles. The van der Waals surface area contributed by atoms with Crippen LogP contribution in [0.5, 0.6) is 0 Å². The van der Waals surface area contributed by atoms with Crippen molar-refractivity contribution >= 4 is 33.3 Å². The Morgan fingerprint density at radius 3 is 2.16 bits per heavy atom. The first-order valence-electron chi connectivity index (χ1n) is 15.6. The molecule has 45 heavy (non-hydrogen) atoms. The molecule has 1 aliphatic carbocycles. The third kappa shape index (κ3) is 4.83. The molecule has 5 aromatic carbocycles. The number of nitrogens with zero attached hydrogens (tertiary/aromatic N) is 3. The molecule has 0 bridgehead atoms. The van der Waals surface area contributed by atoms with Crippen molar-refractivity contribution in [3.63, 3.8) is 0 Å². The highest BCUT2D eigenvalue weighted by molar-refractivity contribution is 6.16. The molecule has 2 aromatic heterocycles. The molecule has 0 fully saturated rings. The van der Waals surface area contributed by atoms with E-state index in [1.54, 1.807) is 0 Å². The summed E-state index contributed by atoms with van der Waals surface area (Å²) in [6.45, 7) is 2.22. The number of fused-ring (bicyclic) bond motifs is 3. The zero-order chi connectivity index (χ0) is 30.2. The van der Waals surface area contributed by atoms with E-state index in [9.17, 15) is 0 Å². The monoisotopic (exact) mass is 579 g/mol. The molecule has 216 valence electrons. The van der Waals surface area contributed by atoms with E-state index < -0.39 is 0 Å². The first kappa shape index (κ1) is 26.9. The maximum atomic E-state index is 5.28. The highest BCUT2D eigenvalue weighted by Crippen LogP contribution is 2.44. The molecular formula is C42H33N3. The summed E-state index contributed by atoms with van der Waals surface area (Å²) in [4.78, 5) is 7.65. The van der Waals surface area contributed by atoms with Crippen LogP contribution in [0.15, 0.2) is 163 Å². The van der Waals surface area contributed by atoms with Crippen molar-refractivity contribution in [2.75, 3.05) is 4.90 Å². The molecule has 1 aliphatic rings. The molecule has 0 atom stereocenters. The van der Waals surface area contributed by atoms with Gasteiger partial charge in [-0.3, -0.25) is 4.90 Å². The first-order chi connectivity index (χ1) is 22.3. The summed E-state index contributed by atoms with van der Waals surface area (Å²) in [5, 5.41) is 2.45.